The summed E-state index contributed by atoms with van der Waals surface area (Å²) >= 11 is 0. The number of urea groups is 1. The number of hydrogen-bond acceptors (Lipinski definition) is 13. The van der Waals surface area contributed by atoms with E-state index in [4.69, 9.17) is 34.2 Å². The molecule has 316 valence electrons. The quantitative estimate of drug-likeness (QED) is 0.0500. The van der Waals surface area contributed by atoms with Gasteiger partial charge in [-0.1, -0.05) is 13.8 Å². The van der Waals surface area contributed by atoms with Crippen LogP contribution in [0.4, 0.5) is 15.3 Å². The lowest BCUT2D eigenvalue weighted by Crippen LogP contribution is -2.55. The molecule has 0 aliphatic carbocycles. The van der Waals surface area contributed by atoms with Gasteiger partial charge in [0.2, 0.25) is 17.7 Å². The minimum absolute atomic E-state index is 0.0275. The number of nitrogens with one attached hydrogen (secondary N) is 6. The van der Waals surface area contributed by atoms with Gasteiger partial charge in [-0.3, -0.25) is 19.2 Å². The summed E-state index contributed by atoms with van der Waals surface area (Å²) in [5.41, 5.74) is 4.64. The highest BCUT2D eigenvalue weighted by Gasteiger charge is 2.29. The fourth-order valence-electron chi connectivity index (χ4n) is 4.57. The molecule has 0 aliphatic rings. The van der Waals surface area contributed by atoms with Crippen LogP contribution in [0.3, 0.4) is 0 Å². The standard InChI is InChI=1S/C36H59N7O13/c1-23(2)30(43-29(45)21-54-19-18-53-17-16-51-6)32(47)42-26(10-8-13-39-34(37)49)31(46)41-24-11-12-25(33(48)52-7)27(20-24)55-22-28(44)38-14-9-15-40-35(50)56-36(3,4)5/h11-12,20,23,26,30H,8-10,13-19,21-22H2,1-7H3,(H,38,44)(H,40,50)(H,41,46)(H,42,47)(H,43,45)(H3,37,39,49)/t26-,30-/m0/s1. The Morgan fingerprint density at radius 2 is 1.43 bits per heavy atom. The summed E-state index contributed by atoms with van der Waals surface area (Å²) < 4.78 is 31.1. The monoisotopic (exact) mass is 797 g/mol. The number of methoxy groups -OCH3 is 2. The Balaban J connectivity index is 2.97. The third-order valence-electron chi connectivity index (χ3n) is 7.26. The Morgan fingerprint density at radius 3 is 2.07 bits per heavy atom. The molecule has 0 radical (unpaired) electrons. The van der Waals surface area contributed by atoms with Crippen LogP contribution in [-0.4, -0.2) is 133 Å². The van der Waals surface area contributed by atoms with Gasteiger partial charge in [0.15, 0.2) is 6.61 Å². The van der Waals surface area contributed by atoms with Crippen molar-refractivity contribution in [2.24, 2.45) is 11.7 Å². The van der Waals surface area contributed by atoms with Crippen LogP contribution in [0.2, 0.25) is 0 Å². The van der Waals surface area contributed by atoms with Crippen molar-refractivity contribution in [1.82, 2.24) is 26.6 Å². The van der Waals surface area contributed by atoms with Crippen LogP contribution in [0.1, 0.15) is 64.2 Å². The first-order chi connectivity index (χ1) is 26.5. The van der Waals surface area contributed by atoms with Gasteiger partial charge in [0.05, 0.1) is 33.5 Å². The van der Waals surface area contributed by atoms with E-state index in [0.29, 0.717) is 19.6 Å². The predicted molar refractivity (Wildman–Crippen MR) is 203 cm³/mol. The number of esters is 1. The molecule has 20 heteroatoms. The maximum absolute atomic E-state index is 13.6. The van der Waals surface area contributed by atoms with Gasteiger partial charge in [-0.2, -0.15) is 0 Å². The summed E-state index contributed by atoms with van der Waals surface area (Å²) in [7, 11) is 2.72. The molecule has 0 unspecified atom stereocenters. The molecule has 0 heterocycles. The number of alkyl carbamates (subject to hydrolysis) is 1. The van der Waals surface area contributed by atoms with Gasteiger partial charge in [0.1, 0.15) is 35.6 Å². The van der Waals surface area contributed by atoms with E-state index < -0.39 is 66.0 Å². The number of carbonyl (C=O) groups is 7. The summed E-state index contributed by atoms with van der Waals surface area (Å²) in [6, 6.07) is 1.10. The molecule has 0 bridgehead atoms. The number of carbonyl (C=O) groups excluding carboxylic acids is 7. The van der Waals surface area contributed by atoms with E-state index >= 15 is 0 Å². The third-order valence-corrected chi connectivity index (χ3v) is 7.26. The molecule has 0 spiro atoms. The van der Waals surface area contributed by atoms with Crippen molar-refractivity contribution in [3.8, 4) is 5.75 Å². The van der Waals surface area contributed by atoms with Crippen LogP contribution in [0.5, 0.6) is 5.75 Å². The zero-order chi connectivity index (χ0) is 42.1. The summed E-state index contributed by atoms with van der Waals surface area (Å²) in [6.07, 6.45) is 0.119. The first-order valence-corrected chi connectivity index (χ1v) is 18.1. The fourth-order valence-corrected chi connectivity index (χ4v) is 4.57. The second-order valence-corrected chi connectivity index (χ2v) is 13.6. The van der Waals surface area contributed by atoms with E-state index in [0.717, 1.165) is 0 Å². The molecule has 0 fully saturated rings. The minimum Gasteiger partial charge on any atom is -0.483 e. The van der Waals surface area contributed by atoms with Crippen molar-refractivity contribution in [3.05, 3.63) is 23.8 Å². The maximum Gasteiger partial charge on any atom is 0.407 e. The van der Waals surface area contributed by atoms with E-state index in [9.17, 15) is 33.6 Å². The third kappa shape index (κ3) is 21.6. The topological polar surface area (TPSA) is 273 Å². The van der Waals surface area contributed by atoms with Gasteiger partial charge in [0, 0.05) is 38.5 Å². The lowest BCUT2D eigenvalue weighted by atomic mass is 10.0. The lowest BCUT2D eigenvalue weighted by molar-refractivity contribution is -0.134. The van der Waals surface area contributed by atoms with E-state index in [1.54, 1.807) is 41.7 Å². The second-order valence-electron chi connectivity index (χ2n) is 13.6. The smallest absolute Gasteiger partial charge is 0.407 e. The molecule has 2 atom stereocenters. The Bertz CT molecular complexity index is 1440. The maximum atomic E-state index is 13.6. The largest absolute Gasteiger partial charge is 0.483 e. The van der Waals surface area contributed by atoms with E-state index in [-0.39, 0.29) is 75.2 Å². The first-order valence-electron chi connectivity index (χ1n) is 18.1. The molecule has 0 saturated carbocycles. The van der Waals surface area contributed by atoms with E-state index in [1.165, 1.54) is 25.3 Å². The zero-order valence-electron chi connectivity index (χ0n) is 33.3. The number of nitrogens with two attached hydrogens (primary N) is 1. The number of hydrogen-bond donors (Lipinski definition) is 7. The number of primary amides is 1. The van der Waals surface area contributed by atoms with Crippen molar-refractivity contribution >= 4 is 47.4 Å². The number of amides is 7. The Hall–Kier alpha value is -5.21. The zero-order valence-corrected chi connectivity index (χ0v) is 33.3. The van der Waals surface area contributed by atoms with Crippen LogP contribution < -0.4 is 42.4 Å². The predicted octanol–water partition coefficient (Wildman–Crippen LogP) is 0.575. The van der Waals surface area contributed by atoms with Crippen molar-refractivity contribution in [2.75, 3.05) is 78.8 Å². The highest BCUT2D eigenvalue weighted by atomic mass is 16.6. The molecule has 1 aromatic carbocycles. The normalized spacial score (nSPS) is 12.1. The van der Waals surface area contributed by atoms with Crippen molar-refractivity contribution < 1.29 is 62.0 Å². The van der Waals surface area contributed by atoms with Crippen molar-refractivity contribution in [2.45, 2.75) is 71.6 Å². The summed E-state index contributed by atoms with van der Waals surface area (Å²) in [5.74, 6) is -3.60. The van der Waals surface area contributed by atoms with Crippen LogP contribution >= 0.6 is 0 Å². The SMILES string of the molecule is COCCOCCOCC(=O)N[C@H](C(=O)N[C@@H](CCCNC(N)=O)C(=O)Nc1ccc(C(=O)OC)c(OCC(=O)NCCCNC(=O)OC(C)(C)C)c1)C(C)C. The van der Waals surface area contributed by atoms with Crippen molar-refractivity contribution in [1.29, 1.82) is 0 Å². The van der Waals surface area contributed by atoms with Crippen molar-refractivity contribution in [3.63, 3.8) is 0 Å². The van der Waals surface area contributed by atoms with Gasteiger partial charge in [-0.15, -0.1) is 0 Å². The molecular weight excluding hydrogens is 738 g/mol. The number of rotatable bonds is 26. The summed E-state index contributed by atoms with van der Waals surface area (Å²) in [6.45, 7) is 9.60. The molecule has 0 saturated heterocycles. The molecule has 56 heavy (non-hydrogen) atoms. The summed E-state index contributed by atoms with van der Waals surface area (Å²) in [5, 5.41) is 15.6. The Labute approximate surface area is 327 Å². The summed E-state index contributed by atoms with van der Waals surface area (Å²) in [4.78, 5) is 87.6. The molecule has 0 aromatic heterocycles. The van der Waals surface area contributed by atoms with Crippen LogP contribution in [-0.2, 0) is 42.9 Å². The highest BCUT2D eigenvalue weighted by molar-refractivity contribution is 6.00. The van der Waals surface area contributed by atoms with Gasteiger partial charge < -0.3 is 66.1 Å². The van der Waals surface area contributed by atoms with Gasteiger partial charge in [0.25, 0.3) is 5.91 Å². The molecule has 8 N–H and O–H groups in total. The Kier molecular flexibility index (Phi) is 23.2. The van der Waals surface area contributed by atoms with E-state index in [2.05, 4.69) is 31.9 Å². The average molecular weight is 798 g/mol. The number of ether oxygens (including phenoxy) is 6. The highest BCUT2D eigenvalue weighted by Crippen LogP contribution is 2.25. The van der Waals surface area contributed by atoms with Crippen LogP contribution in [0, 0.1) is 5.92 Å². The fraction of sp³-hybridized carbons (Fsp3) is 0.639. The number of benzene rings is 1. The van der Waals surface area contributed by atoms with Crippen LogP contribution in [0.25, 0.3) is 0 Å². The number of anilines is 1. The van der Waals surface area contributed by atoms with Crippen LogP contribution in [0.15, 0.2) is 18.2 Å². The second kappa shape index (κ2) is 26.6. The average Bonchev–Trinajstić information content (AvgIpc) is 3.12. The molecule has 1 rings (SSSR count). The molecular formula is C36H59N7O13. The van der Waals surface area contributed by atoms with Gasteiger partial charge in [-0.05, 0) is 58.1 Å². The molecule has 1 aromatic rings. The molecule has 20 nitrogen and oxygen atoms in total. The van der Waals surface area contributed by atoms with Gasteiger partial charge >= 0.3 is 18.1 Å². The Morgan fingerprint density at radius 1 is 0.768 bits per heavy atom. The minimum atomic E-state index is -1.16. The molecule has 7 amide bonds. The lowest BCUT2D eigenvalue weighted by Gasteiger charge is -2.25. The van der Waals surface area contributed by atoms with Gasteiger partial charge in [-0.25, -0.2) is 14.4 Å². The molecule has 0 aliphatic heterocycles. The first kappa shape index (κ1) is 48.8. The van der Waals surface area contributed by atoms with E-state index in [1.807, 2.05) is 0 Å².